The van der Waals surface area contributed by atoms with Gasteiger partial charge in [0, 0.05) is 24.4 Å². The van der Waals surface area contributed by atoms with Crippen molar-refractivity contribution < 1.29 is 19.1 Å². The molecular weight excluding hydrogens is 268 g/mol. The molecule has 6 nitrogen and oxygen atoms in total. The number of thiol groups is 1. The number of hydrogen-bond acceptors (Lipinski definition) is 5. The van der Waals surface area contributed by atoms with Crippen molar-refractivity contribution in [2.24, 2.45) is 0 Å². The highest BCUT2D eigenvalue weighted by atomic mass is 32.1. The Kier molecular flexibility index (Phi) is 4.16. The Morgan fingerprint density at radius 1 is 1.37 bits per heavy atom. The molecule has 2 amide bonds. The average Bonchev–Trinajstić information content (AvgIpc) is 2.82. The normalized spacial score (nSPS) is 13.8. The minimum Gasteiger partial charge on any atom is -0.454 e. The van der Waals surface area contributed by atoms with Crippen LogP contribution in [-0.2, 0) is 9.59 Å². The van der Waals surface area contributed by atoms with E-state index in [0.717, 1.165) is 0 Å². The molecule has 1 atom stereocenters. The van der Waals surface area contributed by atoms with E-state index in [1.165, 1.54) is 6.92 Å². The molecular formula is C12H14N2O4S. The van der Waals surface area contributed by atoms with Crippen LogP contribution in [0.15, 0.2) is 18.2 Å². The van der Waals surface area contributed by atoms with E-state index in [9.17, 15) is 9.59 Å². The van der Waals surface area contributed by atoms with Gasteiger partial charge in [-0.2, -0.15) is 12.6 Å². The Bertz CT molecular complexity index is 507. The monoisotopic (exact) mass is 282 g/mol. The number of carbonyl (C=O) groups excluding carboxylic acids is 2. The summed E-state index contributed by atoms with van der Waals surface area (Å²) in [6.45, 7) is 1.53. The molecule has 1 aromatic rings. The van der Waals surface area contributed by atoms with Gasteiger partial charge in [-0.1, -0.05) is 0 Å². The highest BCUT2D eigenvalue weighted by molar-refractivity contribution is 7.80. The topological polar surface area (TPSA) is 76.7 Å². The summed E-state index contributed by atoms with van der Waals surface area (Å²) >= 11 is 4.04. The molecule has 1 aromatic carbocycles. The van der Waals surface area contributed by atoms with E-state index in [2.05, 4.69) is 23.3 Å². The molecule has 1 unspecified atom stereocenters. The van der Waals surface area contributed by atoms with Crippen LogP contribution in [-0.4, -0.2) is 30.4 Å². The van der Waals surface area contributed by atoms with Crippen molar-refractivity contribution in [3.63, 3.8) is 0 Å². The van der Waals surface area contributed by atoms with Crippen LogP contribution in [0.3, 0.4) is 0 Å². The molecule has 0 aromatic heterocycles. The van der Waals surface area contributed by atoms with Crippen molar-refractivity contribution in [3.05, 3.63) is 18.2 Å². The summed E-state index contributed by atoms with van der Waals surface area (Å²) < 4.78 is 10.4. The van der Waals surface area contributed by atoms with Crippen LogP contribution in [0.2, 0.25) is 0 Å². The standard InChI is InChI=1S/C12H14N2O4S/c1-7(15)13-9(5-19)12(16)14-8-2-3-10-11(4-8)18-6-17-10/h2-4,9,19H,5-6H2,1H3,(H,13,15)(H,14,16). The Morgan fingerprint density at radius 2 is 2.11 bits per heavy atom. The van der Waals surface area contributed by atoms with Crippen molar-refractivity contribution >= 4 is 30.1 Å². The van der Waals surface area contributed by atoms with Gasteiger partial charge >= 0.3 is 0 Å². The largest absolute Gasteiger partial charge is 0.454 e. The van der Waals surface area contributed by atoms with E-state index in [1.54, 1.807) is 18.2 Å². The molecule has 2 rings (SSSR count). The lowest BCUT2D eigenvalue weighted by Crippen LogP contribution is -2.44. The second-order valence-corrected chi connectivity index (χ2v) is 4.36. The van der Waals surface area contributed by atoms with Gasteiger partial charge in [0.05, 0.1) is 0 Å². The summed E-state index contributed by atoms with van der Waals surface area (Å²) in [4.78, 5) is 22.9. The number of fused-ring (bicyclic) bond motifs is 1. The first-order valence-corrected chi connectivity index (χ1v) is 6.32. The number of rotatable bonds is 4. The predicted molar refractivity (Wildman–Crippen MR) is 72.7 cm³/mol. The molecule has 2 N–H and O–H groups in total. The number of anilines is 1. The summed E-state index contributed by atoms with van der Waals surface area (Å²) in [5.74, 6) is 0.838. The summed E-state index contributed by atoms with van der Waals surface area (Å²) in [6, 6.07) is 4.41. The van der Waals surface area contributed by atoms with E-state index in [0.29, 0.717) is 17.2 Å². The van der Waals surface area contributed by atoms with Crippen molar-refractivity contribution in [2.75, 3.05) is 17.9 Å². The third kappa shape index (κ3) is 3.31. The minimum absolute atomic E-state index is 0.178. The second kappa shape index (κ2) is 5.83. The molecule has 0 saturated carbocycles. The van der Waals surface area contributed by atoms with Crippen molar-refractivity contribution in [1.29, 1.82) is 0 Å². The number of ether oxygens (including phenoxy) is 2. The fourth-order valence-electron chi connectivity index (χ4n) is 1.64. The summed E-state index contributed by atoms with van der Waals surface area (Å²) in [5.41, 5.74) is 0.575. The summed E-state index contributed by atoms with van der Waals surface area (Å²) in [6.07, 6.45) is 0. The Labute approximate surface area is 115 Å². The molecule has 7 heteroatoms. The van der Waals surface area contributed by atoms with Crippen LogP contribution in [0.25, 0.3) is 0 Å². The van der Waals surface area contributed by atoms with E-state index in [-0.39, 0.29) is 24.4 Å². The molecule has 102 valence electrons. The van der Waals surface area contributed by atoms with Gasteiger partial charge in [-0.05, 0) is 12.1 Å². The maximum absolute atomic E-state index is 11.9. The molecule has 0 saturated heterocycles. The van der Waals surface area contributed by atoms with E-state index in [1.807, 2.05) is 0 Å². The molecule has 1 heterocycles. The molecule has 1 aliphatic heterocycles. The van der Waals surface area contributed by atoms with Crippen LogP contribution in [0.4, 0.5) is 5.69 Å². The number of benzene rings is 1. The molecule has 1 aliphatic rings. The lowest BCUT2D eigenvalue weighted by molar-refractivity contribution is -0.124. The first-order valence-electron chi connectivity index (χ1n) is 5.68. The smallest absolute Gasteiger partial charge is 0.247 e. The van der Waals surface area contributed by atoms with Gasteiger partial charge in [-0.25, -0.2) is 0 Å². The van der Waals surface area contributed by atoms with E-state index < -0.39 is 6.04 Å². The number of nitrogens with one attached hydrogen (secondary N) is 2. The molecule has 0 spiro atoms. The lowest BCUT2D eigenvalue weighted by atomic mass is 10.2. The van der Waals surface area contributed by atoms with E-state index >= 15 is 0 Å². The number of carbonyl (C=O) groups is 2. The van der Waals surface area contributed by atoms with Gasteiger partial charge in [-0.3, -0.25) is 9.59 Å². The van der Waals surface area contributed by atoms with Gasteiger partial charge in [-0.15, -0.1) is 0 Å². The van der Waals surface area contributed by atoms with Crippen molar-refractivity contribution in [3.8, 4) is 11.5 Å². The zero-order valence-electron chi connectivity index (χ0n) is 10.3. The quantitative estimate of drug-likeness (QED) is 0.714. The third-order valence-corrected chi connectivity index (χ3v) is 2.88. The SMILES string of the molecule is CC(=O)NC(CS)C(=O)Nc1ccc2c(c1)OCO2. The fraction of sp³-hybridized carbons (Fsp3) is 0.333. The van der Waals surface area contributed by atoms with Crippen LogP contribution >= 0.6 is 12.6 Å². The van der Waals surface area contributed by atoms with Crippen LogP contribution in [0.1, 0.15) is 6.92 Å². The van der Waals surface area contributed by atoms with Crippen molar-refractivity contribution in [1.82, 2.24) is 5.32 Å². The Hall–Kier alpha value is -1.89. The van der Waals surface area contributed by atoms with Gasteiger partial charge in [0.1, 0.15) is 6.04 Å². The first kappa shape index (κ1) is 13.5. The van der Waals surface area contributed by atoms with Crippen LogP contribution < -0.4 is 20.1 Å². The van der Waals surface area contributed by atoms with Gasteiger partial charge in [0.15, 0.2) is 11.5 Å². The van der Waals surface area contributed by atoms with E-state index in [4.69, 9.17) is 9.47 Å². The Balaban J connectivity index is 2.03. The van der Waals surface area contributed by atoms with Crippen molar-refractivity contribution in [2.45, 2.75) is 13.0 Å². The Morgan fingerprint density at radius 3 is 2.79 bits per heavy atom. The van der Waals surface area contributed by atoms with Crippen LogP contribution in [0, 0.1) is 0 Å². The third-order valence-electron chi connectivity index (χ3n) is 2.52. The maximum atomic E-state index is 11.9. The molecule has 0 bridgehead atoms. The first-order chi connectivity index (χ1) is 9.10. The summed E-state index contributed by atoms with van der Waals surface area (Å²) in [7, 11) is 0. The molecule has 0 fully saturated rings. The van der Waals surface area contributed by atoms with Gasteiger partial charge < -0.3 is 20.1 Å². The predicted octanol–water partition coefficient (Wildman–Crippen LogP) is 0.788. The summed E-state index contributed by atoms with van der Waals surface area (Å²) in [5, 5.41) is 5.21. The zero-order valence-corrected chi connectivity index (χ0v) is 11.2. The highest BCUT2D eigenvalue weighted by Crippen LogP contribution is 2.34. The van der Waals surface area contributed by atoms with Crippen LogP contribution in [0.5, 0.6) is 11.5 Å². The highest BCUT2D eigenvalue weighted by Gasteiger charge is 2.19. The minimum atomic E-state index is -0.675. The maximum Gasteiger partial charge on any atom is 0.247 e. The molecule has 19 heavy (non-hydrogen) atoms. The number of amides is 2. The lowest BCUT2D eigenvalue weighted by Gasteiger charge is -2.15. The van der Waals surface area contributed by atoms with Gasteiger partial charge in [0.2, 0.25) is 18.6 Å². The number of hydrogen-bond donors (Lipinski definition) is 3. The average molecular weight is 282 g/mol. The fourth-order valence-corrected chi connectivity index (χ4v) is 1.90. The molecule has 0 aliphatic carbocycles. The zero-order chi connectivity index (χ0) is 13.8. The second-order valence-electron chi connectivity index (χ2n) is 3.99. The van der Waals surface area contributed by atoms with Gasteiger partial charge in [0.25, 0.3) is 0 Å². The molecule has 0 radical (unpaired) electrons.